The number of hydrogen-bond donors (Lipinski definition) is 0. The van der Waals surface area contributed by atoms with Crippen molar-refractivity contribution in [3.05, 3.63) is 0 Å². The lowest BCUT2D eigenvalue weighted by atomic mass is 9.77. The summed E-state index contributed by atoms with van der Waals surface area (Å²) in [5, 5.41) is 0. The zero-order valence-corrected chi connectivity index (χ0v) is 11.7. The van der Waals surface area contributed by atoms with Crippen LogP contribution in [-0.2, 0) is 0 Å². The largest absolute Gasteiger partial charge is 0.0654 e. The molecule has 0 radical (unpaired) electrons. The molecule has 0 N–H and O–H groups in total. The maximum absolute atomic E-state index is 2.46. The van der Waals surface area contributed by atoms with Gasteiger partial charge in [0, 0.05) is 0 Å². The van der Waals surface area contributed by atoms with Gasteiger partial charge in [-0.2, -0.15) is 0 Å². The lowest BCUT2D eigenvalue weighted by molar-refractivity contribution is 0.216. The summed E-state index contributed by atoms with van der Waals surface area (Å²) < 4.78 is 0. The van der Waals surface area contributed by atoms with Crippen molar-refractivity contribution >= 4 is 0 Å². The quantitative estimate of drug-likeness (QED) is 0.432. The maximum Gasteiger partial charge on any atom is -0.0363 e. The van der Waals surface area contributed by atoms with E-state index in [1.165, 1.54) is 44.9 Å². The van der Waals surface area contributed by atoms with Crippen molar-refractivity contribution in [2.45, 2.75) is 79.6 Å². The Morgan fingerprint density at radius 1 is 0.733 bits per heavy atom. The van der Waals surface area contributed by atoms with Gasteiger partial charge in [-0.1, -0.05) is 73.1 Å². The molecule has 0 bridgehead atoms. The average molecular weight is 212 g/mol. The molecular formula is C15H32. The van der Waals surface area contributed by atoms with Gasteiger partial charge in [0.25, 0.3) is 0 Å². The first kappa shape index (κ1) is 15.0. The normalized spacial score (nSPS) is 17.4. The summed E-state index contributed by atoms with van der Waals surface area (Å²) in [4.78, 5) is 0. The second-order valence-electron chi connectivity index (χ2n) is 5.31. The van der Waals surface area contributed by atoms with Crippen LogP contribution in [0.4, 0.5) is 0 Å². The van der Waals surface area contributed by atoms with Crippen molar-refractivity contribution in [2.75, 3.05) is 0 Å². The van der Waals surface area contributed by atoms with Crippen molar-refractivity contribution in [3.8, 4) is 0 Å². The first-order valence-corrected chi connectivity index (χ1v) is 7.17. The fraction of sp³-hybridized carbons (Fsp3) is 1.00. The summed E-state index contributed by atoms with van der Waals surface area (Å²) in [6.07, 6.45) is 9.80. The Morgan fingerprint density at radius 3 is 1.87 bits per heavy atom. The zero-order valence-electron chi connectivity index (χ0n) is 11.7. The monoisotopic (exact) mass is 212 g/mol. The second-order valence-corrected chi connectivity index (χ2v) is 5.31. The minimum Gasteiger partial charge on any atom is -0.0654 e. The van der Waals surface area contributed by atoms with E-state index in [-0.39, 0.29) is 0 Å². The van der Waals surface area contributed by atoms with Crippen molar-refractivity contribution < 1.29 is 0 Å². The van der Waals surface area contributed by atoms with Gasteiger partial charge in [0.2, 0.25) is 0 Å². The zero-order chi connectivity index (χ0) is 11.7. The molecule has 0 heteroatoms. The molecule has 0 saturated heterocycles. The van der Waals surface area contributed by atoms with Crippen LogP contribution in [0, 0.1) is 17.8 Å². The van der Waals surface area contributed by atoms with Gasteiger partial charge >= 0.3 is 0 Å². The molecule has 0 nitrogen and oxygen atoms in total. The predicted molar refractivity (Wildman–Crippen MR) is 71.2 cm³/mol. The lowest BCUT2D eigenvalue weighted by Gasteiger charge is -2.29. The summed E-state index contributed by atoms with van der Waals surface area (Å²) in [5.41, 5.74) is 0. The molecule has 92 valence electrons. The van der Waals surface area contributed by atoms with Gasteiger partial charge < -0.3 is 0 Å². The van der Waals surface area contributed by atoms with E-state index in [9.17, 15) is 0 Å². The summed E-state index contributed by atoms with van der Waals surface area (Å²) in [5.74, 6) is 2.83. The molecule has 0 aliphatic carbocycles. The average Bonchev–Trinajstić information content (AvgIpc) is 2.23. The molecule has 0 fully saturated rings. The van der Waals surface area contributed by atoms with Gasteiger partial charge in [-0.15, -0.1) is 0 Å². The molecule has 0 amide bonds. The molecule has 0 aromatic heterocycles. The van der Waals surface area contributed by atoms with E-state index in [0.29, 0.717) is 0 Å². The first-order chi connectivity index (χ1) is 7.17. The number of hydrogen-bond acceptors (Lipinski definition) is 0. The van der Waals surface area contributed by atoms with E-state index in [1.807, 2.05) is 0 Å². The molecule has 0 heterocycles. The highest BCUT2D eigenvalue weighted by Gasteiger charge is 2.21. The van der Waals surface area contributed by atoms with E-state index in [0.717, 1.165) is 17.8 Å². The molecule has 3 unspecified atom stereocenters. The summed E-state index contributed by atoms with van der Waals surface area (Å²) in [6, 6.07) is 0. The molecule has 0 rings (SSSR count). The predicted octanol–water partition coefficient (Wildman–Crippen LogP) is 5.67. The minimum absolute atomic E-state index is 0.920. The Bertz CT molecular complexity index is 128. The molecule has 0 aromatic rings. The fourth-order valence-corrected chi connectivity index (χ4v) is 2.73. The van der Waals surface area contributed by atoms with Gasteiger partial charge in [-0.25, -0.2) is 0 Å². The van der Waals surface area contributed by atoms with E-state index in [2.05, 4.69) is 34.6 Å². The van der Waals surface area contributed by atoms with Crippen LogP contribution in [0.3, 0.4) is 0 Å². The highest BCUT2D eigenvalue weighted by molar-refractivity contribution is 4.71. The molecule has 0 spiro atoms. The Labute approximate surface area is 97.8 Å². The summed E-state index contributed by atoms with van der Waals surface area (Å²) in [6.45, 7) is 11.9. The fourth-order valence-electron chi connectivity index (χ4n) is 2.73. The van der Waals surface area contributed by atoms with Crippen molar-refractivity contribution in [1.29, 1.82) is 0 Å². The first-order valence-electron chi connectivity index (χ1n) is 7.17. The smallest absolute Gasteiger partial charge is 0.0363 e. The van der Waals surface area contributed by atoms with Gasteiger partial charge in [-0.05, 0) is 24.2 Å². The van der Waals surface area contributed by atoms with Crippen LogP contribution in [0.2, 0.25) is 0 Å². The highest BCUT2D eigenvalue weighted by atomic mass is 14.3. The van der Waals surface area contributed by atoms with Crippen LogP contribution in [0.25, 0.3) is 0 Å². The second kappa shape index (κ2) is 9.24. The molecule has 15 heavy (non-hydrogen) atoms. The van der Waals surface area contributed by atoms with E-state index < -0.39 is 0 Å². The molecule has 0 aliphatic heterocycles. The van der Waals surface area contributed by atoms with Crippen molar-refractivity contribution in [2.24, 2.45) is 17.8 Å². The standard InChI is InChI=1S/C15H32/c1-6-9-10-12-15(13(4)8-3)14(5)11-7-2/h13-15H,6-12H2,1-5H3. The van der Waals surface area contributed by atoms with Crippen molar-refractivity contribution in [3.63, 3.8) is 0 Å². The van der Waals surface area contributed by atoms with Crippen molar-refractivity contribution in [1.82, 2.24) is 0 Å². The van der Waals surface area contributed by atoms with Crippen LogP contribution in [0.5, 0.6) is 0 Å². The molecule has 0 saturated carbocycles. The Kier molecular flexibility index (Phi) is 9.24. The molecule has 3 atom stereocenters. The third-order valence-corrected chi connectivity index (χ3v) is 3.99. The lowest BCUT2D eigenvalue weighted by Crippen LogP contribution is -2.19. The Morgan fingerprint density at radius 2 is 1.40 bits per heavy atom. The van der Waals surface area contributed by atoms with Crippen LogP contribution in [-0.4, -0.2) is 0 Å². The number of unbranched alkanes of at least 4 members (excludes halogenated alkanes) is 2. The Balaban J connectivity index is 4.04. The SMILES string of the molecule is CCCCCC(C(C)CC)C(C)CCC. The van der Waals surface area contributed by atoms with Gasteiger partial charge in [0.05, 0.1) is 0 Å². The summed E-state index contributed by atoms with van der Waals surface area (Å²) >= 11 is 0. The number of rotatable bonds is 9. The van der Waals surface area contributed by atoms with Gasteiger partial charge in [-0.3, -0.25) is 0 Å². The van der Waals surface area contributed by atoms with E-state index in [1.54, 1.807) is 0 Å². The van der Waals surface area contributed by atoms with Crippen LogP contribution < -0.4 is 0 Å². The van der Waals surface area contributed by atoms with Crippen LogP contribution in [0.15, 0.2) is 0 Å². The van der Waals surface area contributed by atoms with Gasteiger partial charge in [0.15, 0.2) is 0 Å². The molecule has 0 aliphatic rings. The third kappa shape index (κ3) is 6.22. The highest BCUT2D eigenvalue weighted by Crippen LogP contribution is 2.31. The van der Waals surface area contributed by atoms with Gasteiger partial charge in [0.1, 0.15) is 0 Å². The third-order valence-electron chi connectivity index (χ3n) is 3.99. The molecule has 0 aromatic carbocycles. The van der Waals surface area contributed by atoms with Crippen LogP contribution in [0.1, 0.15) is 79.6 Å². The van der Waals surface area contributed by atoms with Crippen LogP contribution >= 0.6 is 0 Å². The molecular weight excluding hydrogens is 180 g/mol. The van der Waals surface area contributed by atoms with E-state index >= 15 is 0 Å². The maximum atomic E-state index is 2.46. The topological polar surface area (TPSA) is 0 Å². The summed E-state index contributed by atoms with van der Waals surface area (Å²) in [7, 11) is 0. The minimum atomic E-state index is 0.920. The van der Waals surface area contributed by atoms with E-state index in [4.69, 9.17) is 0 Å². The Hall–Kier alpha value is 0.